The van der Waals surface area contributed by atoms with Gasteiger partial charge >= 0.3 is 11.9 Å². The van der Waals surface area contributed by atoms with Crippen molar-refractivity contribution >= 4 is 50.1 Å². The summed E-state index contributed by atoms with van der Waals surface area (Å²) in [6.45, 7) is 1.40. The number of hydrogen-bond acceptors (Lipinski definition) is 7. The summed E-state index contributed by atoms with van der Waals surface area (Å²) in [5, 5.41) is 4.74. The lowest BCUT2D eigenvalue weighted by Gasteiger charge is -2.09. The minimum Gasteiger partial charge on any atom is -0.462 e. The Morgan fingerprint density at radius 3 is 2.57 bits per heavy atom. The van der Waals surface area contributed by atoms with Gasteiger partial charge in [-0.05, 0) is 34.5 Å². The van der Waals surface area contributed by atoms with E-state index in [1.807, 2.05) is 30.3 Å². The second kappa shape index (κ2) is 10.1. The summed E-state index contributed by atoms with van der Waals surface area (Å²) in [6.07, 6.45) is 2.87. The van der Waals surface area contributed by atoms with Crippen molar-refractivity contribution in [2.45, 2.75) is 6.92 Å². The van der Waals surface area contributed by atoms with E-state index in [-0.39, 0.29) is 17.7 Å². The predicted octanol–water partition coefficient (Wildman–Crippen LogP) is 4.54. The highest BCUT2D eigenvalue weighted by Gasteiger charge is 2.23. The molecule has 0 aliphatic carbocycles. The van der Waals surface area contributed by atoms with Gasteiger partial charge in [0.25, 0.3) is 5.91 Å². The number of nitrogens with zero attached hydrogens (tertiary/aromatic N) is 1. The molecular weight excluding hydrogens is 472 g/mol. The Hall–Kier alpha value is -3.04. The van der Waals surface area contributed by atoms with E-state index < -0.39 is 24.5 Å². The number of benzene rings is 1. The Balaban J connectivity index is 1.74. The zero-order chi connectivity index (χ0) is 21.5. The number of amides is 1. The van der Waals surface area contributed by atoms with Crippen molar-refractivity contribution in [3.8, 4) is 11.1 Å². The summed E-state index contributed by atoms with van der Waals surface area (Å²) < 4.78 is 10.8. The van der Waals surface area contributed by atoms with Gasteiger partial charge in [0.1, 0.15) is 10.6 Å². The van der Waals surface area contributed by atoms with Gasteiger partial charge in [-0.15, -0.1) is 11.3 Å². The van der Waals surface area contributed by atoms with E-state index in [0.717, 1.165) is 5.56 Å². The summed E-state index contributed by atoms with van der Waals surface area (Å²) in [4.78, 5) is 40.8. The van der Waals surface area contributed by atoms with Gasteiger partial charge in [-0.3, -0.25) is 9.78 Å². The topological polar surface area (TPSA) is 94.6 Å². The van der Waals surface area contributed by atoms with Gasteiger partial charge in [-0.1, -0.05) is 30.3 Å². The van der Waals surface area contributed by atoms with Gasteiger partial charge in [0.15, 0.2) is 6.61 Å². The smallest absolute Gasteiger partial charge is 0.341 e. The standard InChI is InChI=1S/C21H17BrN2O5S/c1-2-28-21(27)18-16(13-6-4-3-5-7-13)12-30-19(18)24-17(25)11-29-20(26)14-8-15(22)10-23-9-14/h3-10,12H,2,11H2,1H3,(H,24,25). The van der Waals surface area contributed by atoms with E-state index in [4.69, 9.17) is 9.47 Å². The number of rotatable bonds is 7. The van der Waals surface area contributed by atoms with Crippen molar-refractivity contribution in [1.29, 1.82) is 0 Å². The molecule has 0 aliphatic rings. The number of nitrogens with one attached hydrogen (secondary N) is 1. The third-order valence-electron chi connectivity index (χ3n) is 3.88. The van der Waals surface area contributed by atoms with Gasteiger partial charge in [-0.2, -0.15) is 0 Å². The molecule has 0 aliphatic heterocycles. The van der Waals surface area contributed by atoms with Crippen LogP contribution in [0.15, 0.2) is 58.6 Å². The van der Waals surface area contributed by atoms with Gasteiger partial charge in [0, 0.05) is 27.8 Å². The Bertz CT molecular complexity index is 1070. The number of hydrogen-bond donors (Lipinski definition) is 1. The molecule has 7 nitrogen and oxygen atoms in total. The largest absolute Gasteiger partial charge is 0.462 e. The van der Waals surface area contributed by atoms with E-state index in [2.05, 4.69) is 26.2 Å². The van der Waals surface area contributed by atoms with Crippen molar-refractivity contribution < 1.29 is 23.9 Å². The van der Waals surface area contributed by atoms with Gasteiger partial charge < -0.3 is 14.8 Å². The van der Waals surface area contributed by atoms with Crippen LogP contribution in [-0.4, -0.2) is 36.0 Å². The SMILES string of the molecule is CCOC(=O)c1c(-c2ccccc2)csc1NC(=O)COC(=O)c1cncc(Br)c1. The fourth-order valence-electron chi connectivity index (χ4n) is 2.59. The fraction of sp³-hybridized carbons (Fsp3) is 0.143. The van der Waals surface area contributed by atoms with E-state index in [0.29, 0.717) is 15.0 Å². The lowest BCUT2D eigenvalue weighted by Crippen LogP contribution is -2.21. The molecule has 3 rings (SSSR count). The molecule has 0 bridgehead atoms. The highest BCUT2D eigenvalue weighted by atomic mass is 79.9. The van der Waals surface area contributed by atoms with Crippen LogP contribution in [0.3, 0.4) is 0 Å². The normalized spacial score (nSPS) is 10.3. The number of anilines is 1. The molecule has 0 saturated carbocycles. The third kappa shape index (κ3) is 5.31. The molecule has 2 heterocycles. The number of pyridine rings is 1. The molecule has 2 aromatic heterocycles. The van der Waals surface area contributed by atoms with Crippen LogP contribution >= 0.6 is 27.3 Å². The number of carbonyl (C=O) groups excluding carboxylic acids is 3. The van der Waals surface area contributed by atoms with Crippen LogP contribution in [0.5, 0.6) is 0 Å². The maximum Gasteiger partial charge on any atom is 0.341 e. The Morgan fingerprint density at radius 2 is 1.87 bits per heavy atom. The first kappa shape index (κ1) is 21.7. The highest BCUT2D eigenvalue weighted by Crippen LogP contribution is 2.36. The van der Waals surface area contributed by atoms with E-state index >= 15 is 0 Å². The maximum atomic E-state index is 12.5. The molecule has 0 atom stereocenters. The molecular formula is C21H17BrN2O5S. The lowest BCUT2D eigenvalue weighted by molar-refractivity contribution is -0.119. The van der Waals surface area contributed by atoms with Crippen molar-refractivity contribution in [3.05, 3.63) is 69.8 Å². The zero-order valence-electron chi connectivity index (χ0n) is 15.9. The fourth-order valence-corrected chi connectivity index (χ4v) is 3.92. The number of aromatic nitrogens is 1. The quantitative estimate of drug-likeness (QED) is 0.490. The van der Waals surface area contributed by atoms with Gasteiger partial charge in [0.2, 0.25) is 0 Å². The van der Waals surface area contributed by atoms with Crippen LogP contribution in [0, 0.1) is 0 Å². The molecule has 30 heavy (non-hydrogen) atoms. The summed E-state index contributed by atoms with van der Waals surface area (Å²) in [6, 6.07) is 10.9. The second-order valence-corrected chi connectivity index (χ2v) is 7.75. The minimum absolute atomic E-state index is 0.203. The molecule has 0 radical (unpaired) electrons. The maximum absolute atomic E-state index is 12.5. The molecule has 1 aromatic carbocycles. The van der Waals surface area contributed by atoms with Gasteiger partial charge in [-0.25, -0.2) is 9.59 Å². The van der Waals surface area contributed by atoms with Gasteiger partial charge in [0.05, 0.1) is 12.2 Å². The van der Waals surface area contributed by atoms with E-state index in [1.165, 1.54) is 29.8 Å². The minimum atomic E-state index is -0.680. The monoisotopic (exact) mass is 488 g/mol. The Morgan fingerprint density at radius 1 is 1.10 bits per heavy atom. The molecule has 1 N–H and O–H groups in total. The van der Waals surface area contributed by atoms with Crippen molar-refractivity contribution in [2.75, 3.05) is 18.5 Å². The summed E-state index contributed by atoms with van der Waals surface area (Å²) in [5.74, 6) is -1.79. The van der Waals surface area contributed by atoms with Crippen LogP contribution in [0.2, 0.25) is 0 Å². The Labute approximate surface area is 185 Å². The van der Waals surface area contributed by atoms with Crippen LogP contribution < -0.4 is 5.32 Å². The summed E-state index contributed by atoms with van der Waals surface area (Å²) in [7, 11) is 0. The first-order valence-corrected chi connectivity index (χ1v) is 10.6. The molecule has 154 valence electrons. The second-order valence-electron chi connectivity index (χ2n) is 5.96. The highest BCUT2D eigenvalue weighted by molar-refractivity contribution is 9.10. The molecule has 0 fully saturated rings. The Kier molecular flexibility index (Phi) is 7.31. The predicted molar refractivity (Wildman–Crippen MR) is 117 cm³/mol. The van der Waals surface area contributed by atoms with Crippen molar-refractivity contribution in [2.24, 2.45) is 0 Å². The molecule has 1 amide bonds. The van der Waals surface area contributed by atoms with E-state index in [9.17, 15) is 14.4 Å². The summed E-state index contributed by atoms with van der Waals surface area (Å²) in [5.41, 5.74) is 1.97. The number of carbonyl (C=O) groups is 3. The molecule has 0 spiro atoms. The molecule has 3 aromatic rings. The first-order chi connectivity index (χ1) is 14.5. The average Bonchev–Trinajstić information content (AvgIpc) is 3.16. The summed E-state index contributed by atoms with van der Waals surface area (Å²) >= 11 is 4.42. The average molecular weight is 489 g/mol. The first-order valence-electron chi connectivity index (χ1n) is 8.91. The number of thiophene rings is 1. The molecule has 0 unspecified atom stereocenters. The number of esters is 2. The lowest BCUT2D eigenvalue weighted by atomic mass is 10.0. The number of ether oxygens (including phenoxy) is 2. The van der Waals surface area contributed by atoms with Crippen LogP contribution in [0.1, 0.15) is 27.6 Å². The van der Waals surface area contributed by atoms with Crippen molar-refractivity contribution in [3.63, 3.8) is 0 Å². The van der Waals surface area contributed by atoms with Crippen molar-refractivity contribution in [1.82, 2.24) is 4.98 Å². The molecule has 0 saturated heterocycles. The van der Waals surface area contributed by atoms with Crippen LogP contribution in [0.4, 0.5) is 5.00 Å². The third-order valence-corrected chi connectivity index (χ3v) is 5.21. The number of halogens is 1. The molecule has 9 heteroatoms. The van der Waals surface area contributed by atoms with Crippen LogP contribution in [0.25, 0.3) is 11.1 Å². The van der Waals surface area contributed by atoms with E-state index in [1.54, 1.807) is 12.3 Å². The van der Waals surface area contributed by atoms with Crippen LogP contribution in [-0.2, 0) is 14.3 Å². The zero-order valence-corrected chi connectivity index (χ0v) is 18.3.